The third kappa shape index (κ3) is 5.97. The minimum absolute atomic E-state index is 0.165. The van der Waals surface area contributed by atoms with Crippen LogP contribution in [0.1, 0.15) is 22.5 Å². The fraction of sp³-hybridized carbons (Fsp3) is 0.0714. The average molecular weight is 495 g/mol. The summed E-state index contributed by atoms with van der Waals surface area (Å²) < 4.78 is 11.4. The maximum absolute atomic E-state index is 13.3. The van der Waals surface area contributed by atoms with Crippen LogP contribution in [-0.2, 0) is 17.9 Å². The number of pyridine rings is 1. The molecule has 3 heterocycles. The van der Waals surface area contributed by atoms with Gasteiger partial charge < -0.3 is 9.15 Å². The molecular weight excluding hydrogens is 472 g/mol. The first-order chi connectivity index (χ1) is 17.7. The van der Waals surface area contributed by atoms with Gasteiger partial charge in [-0.1, -0.05) is 48.5 Å². The van der Waals surface area contributed by atoms with Crippen LogP contribution in [0.3, 0.4) is 0 Å². The number of carbonyl (C=O) groups is 1. The van der Waals surface area contributed by atoms with Crippen molar-refractivity contribution in [3.05, 3.63) is 125 Å². The quantitative estimate of drug-likeness (QED) is 0.177. The number of ether oxygens (including phenoxy) is 1. The second-order valence-electron chi connectivity index (χ2n) is 7.84. The highest BCUT2D eigenvalue weighted by atomic mass is 32.2. The number of benzene rings is 2. The molecule has 0 atom stereocenters. The van der Waals surface area contributed by atoms with Crippen LogP contribution in [0, 0.1) is 0 Å². The predicted molar refractivity (Wildman–Crippen MR) is 141 cm³/mol. The van der Waals surface area contributed by atoms with Crippen LogP contribution >= 0.6 is 11.8 Å². The minimum Gasteiger partial charge on any atom is -0.489 e. The summed E-state index contributed by atoms with van der Waals surface area (Å²) in [7, 11) is 0. The molecule has 1 aliphatic rings. The summed E-state index contributed by atoms with van der Waals surface area (Å²) in [5.41, 5.74) is 2.76. The van der Waals surface area contributed by atoms with Crippen molar-refractivity contribution < 1.29 is 13.9 Å². The first kappa shape index (κ1) is 23.3. The molecule has 0 aliphatic carbocycles. The average Bonchev–Trinajstić information content (AvgIpc) is 3.53. The Morgan fingerprint density at radius 3 is 2.69 bits per heavy atom. The van der Waals surface area contributed by atoms with Gasteiger partial charge in [-0.15, -0.1) is 5.10 Å². The standard InChI is InChI=1S/C28H22N4O3S/c33-27-26(16-22-9-4-11-24(15-22)35-20-21-7-2-1-3-8-21)36-28(32(27)19-25-12-6-14-34-25)31-30-18-23-10-5-13-29-17-23/h1-18H,19-20H2/b26-16-,30-18+,31-28+. The number of thioether (sulfide) groups is 1. The SMILES string of the molecule is O=C1/C(=C/c2cccc(OCc3ccccc3)c2)S/C(=N/N=C/c2cccnc2)N1Cc1ccco1. The van der Waals surface area contributed by atoms with Gasteiger partial charge in [-0.05, 0) is 59.3 Å². The van der Waals surface area contributed by atoms with Gasteiger partial charge in [0, 0.05) is 18.0 Å². The molecule has 4 aromatic rings. The maximum Gasteiger partial charge on any atom is 0.267 e. The molecule has 1 aliphatic heterocycles. The van der Waals surface area contributed by atoms with Crippen LogP contribution in [0.15, 0.2) is 117 Å². The monoisotopic (exact) mass is 494 g/mol. The molecule has 0 saturated carbocycles. The summed E-state index contributed by atoms with van der Waals surface area (Å²) in [4.78, 5) is 19.5. The number of amides is 1. The molecule has 0 bridgehead atoms. The number of hydrogen-bond acceptors (Lipinski definition) is 7. The van der Waals surface area contributed by atoms with E-state index in [0.717, 1.165) is 22.4 Å². The Morgan fingerprint density at radius 2 is 1.89 bits per heavy atom. The molecule has 1 fully saturated rings. The molecule has 7 nitrogen and oxygen atoms in total. The van der Waals surface area contributed by atoms with Gasteiger partial charge in [-0.2, -0.15) is 5.10 Å². The van der Waals surface area contributed by atoms with Gasteiger partial charge in [0.2, 0.25) is 0 Å². The van der Waals surface area contributed by atoms with E-state index >= 15 is 0 Å². The molecular formula is C28H22N4O3S. The molecule has 0 spiro atoms. The van der Waals surface area contributed by atoms with Gasteiger partial charge in [0.1, 0.15) is 18.1 Å². The number of nitrogens with zero attached hydrogens (tertiary/aromatic N) is 4. The van der Waals surface area contributed by atoms with Crippen LogP contribution < -0.4 is 4.74 Å². The summed E-state index contributed by atoms with van der Waals surface area (Å²) in [6.45, 7) is 0.731. The van der Waals surface area contributed by atoms with Crippen molar-refractivity contribution in [3.8, 4) is 5.75 Å². The lowest BCUT2D eigenvalue weighted by atomic mass is 10.2. The Labute approximate surface area is 212 Å². The molecule has 8 heteroatoms. The van der Waals surface area contributed by atoms with Gasteiger partial charge in [0.25, 0.3) is 5.91 Å². The Morgan fingerprint density at radius 1 is 1.00 bits per heavy atom. The second-order valence-corrected chi connectivity index (χ2v) is 8.85. The molecule has 0 N–H and O–H groups in total. The van der Waals surface area contributed by atoms with Crippen LogP contribution in [0.2, 0.25) is 0 Å². The maximum atomic E-state index is 13.3. The lowest BCUT2D eigenvalue weighted by Gasteiger charge is -2.12. The molecule has 178 valence electrons. The first-order valence-electron chi connectivity index (χ1n) is 11.3. The summed E-state index contributed by atoms with van der Waals surface area (Å²) in [6.07, 6.45) is 8.41. The zero-order valence-corrected chi connectivity index (χ0v) is 20.0. The Kier molecular flexibility index (Phi) is 7.34. The van der Waals surface area contributed by atoms with Gasteiger partial charge in [0.15, 0.2) is 5.17 Å². The Hall–Kier alpha value is -4.43. The number of furan rings is 1. The van der Waals surface area contributed by atoms with Crippen molar-refractivity contribution in [1.82, 2.24) is 9.88 Å². The normalized spacial score (nSPS) is 15.9. The number of carbonyl (C=O) groups excluding carboxylic acids is 1. The van der Waals surface area contributed by atoms with E-state index in [4.69, 9.17) is 9.15 Å². The fourth-order valence-electron chi connectivity index (χ4n) is 3.46. The van der Waals surface area contributed by atoms with Gasteiger partial charge >= 0.3 is 0 Å². The highest BCUT2D eigenvalue weighted by Crippen LogP contribution is 2.34. The lowest BCUT2D eigenvalue weighted by Crippen LogP contribution is -2.28. The van der Waals surface area contributed by atoms with E-state index in [2.05, 4.69) is 15.2 Å². The van der Waals surface area contributed by atoms with Crippen LogP contribution in [0.25, 0.3) is 6.08 Å². The number of aromatic nitrogens is 1. The van der Waals surface area contributed by atoms with E-state index in [-0.39, 0.29) is 12.5 Å². The van der Waals surface area contributed by atoms with E-state index in [1.807, 2.05) is 78.9 Å². The summed E-state index contributed by atoms with van der Waals surface area (Å²) in [5, 5.41) is 8.97. The Bertz CT molecular complexity index is 1400. The van der Waals surface area contributed by atoms with Crippen molar-refractivity contribution >= 4 is 35.1 Å². The molecule has 1 amide bonds. The highest BCUT2D eigenvalue weighted by molar-refractivity contribution is 8.18. The third-order valence-electron chi connectivity index (χ3n) is 5.22. The zero-order valence-electron chi connectivity index (χ0n) is 19.2. The summed E-state index contributed by atoms with van der Waals surface area (Å²) >= 11 is 1.27. The van der Waals surface area contributed by atoms with E-state index in [0.29, 0.717) is 22.4 Å². The number of amidine groups is 1. The van der Waals surface area contributed by atoms with Gasteiger partial charge in [-0.25, -0.2) is 0 Å². The van der Waals surface area contributed by atoms with Gasteiger partial charge in [-0.3, -0.25) is 14.7 Å². The lowest BCUT2D eigenvalue weighted by molar-refractivity contribution is -0.122. The smallest absolute Gasteiger partial charge is 0.267 e. The van der Waals surface area contributed by atoms with Crippen molar-refractivity contribution in [2.45, 2.75) is 13.2 Å². The van der Waals surface area contributed by atoms with Crippen molar-refractivity contribution in [3.63, 3.8) is 0 Å². The highest BCUT2D eigenvalue weighted by Gasteiger charge is 2.34. The van der Waals surface area contributed by atoms with Crippen LogP contribution in [-0.4, -0.2) is 27.2 Å². The van der Waals surface area contributed by atoms with E-state index < -0.39 is 0 Å². The number of rotatable bonds is 8. The second kappa shape index (κ2) is 11.3. The molecule has 1 saturated heterocycles. The summed E-state index contributed by atoms with van der Waals surface area (Å²) in [5.74, 6) is 1.22. The van der Waals surface area contributed by atoms with Crippen molar-refractivity contribution in [2.24, 2.45) is 10.2 Å². The Balaban J connectivity index is 1.36. The summed E-state index contributed by atoms with van der Waals surface area (Å²) in [6, 6.07) is 24.9. The minimum atomic E-state index is -0.165. The van der Waals surface area contributed by atoms with E-state index in [1.165, 1.54) is 11.8 Å². The van der Waals surface area contributed by atoms with Crippen LogP contribution in [0.5, 0.6) is 5.75 Å². The largest absolute Gasteiger partial charge is 0.489 e. The third-order valence-corrected chi connectivity index (χ3v) is 6.22. The molecule has 2 aromatic carbocycles. The predicted octanol–water partition coefficient (Wildman–Crippen LogP) is 5.76. The number of hydrogen-bond donors (Lipinski definition) is 0. The molecule has 0 unspecified atom stereocenters. The molecule has 0 radical (unpaired) electrons. The molecule has 2 aromatic heterocycles. The topological polar surface area (TPSA) is 80.3 Å². The van der Waals surface area contributed by atoms with Crippen molar-refractivity contribution in [1.29, 1.82) is 0 Å². The zero-order chi connectivity index (χ0) is 24.6. The molecule has 36 heavy (non-hydrogen) atoms. The van der Waals surface area contributed by atoms with E-state index in [1.54, 1.807) is 35.8 Å². The first-order valence-corrected chi connectivity index (χ1v) is 12.1. The van der Waals surface area contributed by atoms with Crippen molar-refractivity contribution in [2.75, 3.05) is 0 Å². The van der Waals surface area contributed by atoms with Crippen LogP contribution in [0.4, 0.5) is 0 Å². The van der Waals surface area contributed by atoms with Gasteiger partial charge in [0.05, 0.1) is 23.9 Å². The fourth-order valence-corrected chi connectivity index (χ4v) is 4.40. The molecule has 5 rings (SSSR count). The van der Waals surface area contributed by atoms with E-state index in [9.17, 15) is 4.79 Å².